The van der Waals surface area contributed by atoms with Gasteiger partial charge >= 0.3 is 0 Å². The Balaban J connectivity index is 1.83. The second-order valence-electron chi connectivity index (χ2n) is 3.09. The first kappa shape index (κ1) is 8.38. The molecule has 13 heavy (non-hydrogen) atoms. The van der Waals surface area contributed by atoms with E-state index in [4.69, 9.17) is 14.6 Å². The van der Waals surface area contributed by atoms with E-state index in [0.29, 0.717) is 6.61 Å². The lowest BCUT2D eigenvalue weighted by molar-refractivity contribution is -0.0720. The highest BCUT2D eigenvalue weighted by Gasteiger charge is 2.18. The van der Waals surface area contributed by atoms with Gasteiger partial charge in [-0.15, -0.1) is 0 Å². The number of rotatable bonds is 3. The predicted octanol–water partition coefficient (Wildman–Crippen LogP) is 1.56. The molecule has 1 aromatic carbocycles. The molecule has 1 aromatic rings. The van der Waals surface area contributed by atoms with E-state index in [2.05, 4.69) is 0 Å². The Labute approximate surface area is 76.9 Å². The molecule has 0 unspecified atom stereocenters. The van der Waals surface area contributed by atoms with Crippen molar-refractivity contribution in [3.05, 3.63) is 24.3 Å². The van der Waals surface area contributed by atoms with Gasteiger partial charge in [-0.3, -0.25) is 0 Å². The average molecular weight is 180 g/mol. The van der Waals surface area contributed by atoms with Crippen molar-refractivity contribution in [3.63, 3.8) is 0 Å². The van der Waals surface area contributed by atoms with Crippen molar-refractivity contribution in [3.8, 4) is 11.5 Å². The summed E-state index contributed by atoms with van der Waals surface area (Å²) in [6.45, 7) is 1.45. The number of phenolic OH excluding ortho intramolecular Hbond substituents is 1. The minimum absolute atomic E-state index is 0.257. The second-order valence-corrected chi connectivity index (χ2v) is 3.09. The minimum Gasteiger partial charge on any atom is -0.508 e. The molecular formula is C10H12O3. The van der Waals surface area contributed by atoms with Gasteiger partial charge in [0.2, 0.25) is 0 Å². The Morgan fingerprint density at radius 2 is 2.08 bits per heavy atom. The van der Waals surface area contributed by atoms with Gasteiger partial charge in [-0.1, -0.05) is 0 Å². The zero-order chi connectivity index (χ0) is 9.10. The number of phenols is 1. The smallest absolute Gasteiger partial charge is 0.119 e. The lowest BCUT2D eigenvalue weighted by Gasteiger charge is -2.26. The summed E-state index contributed by atoms with van der Waals surface area (Å²) in [5, 5.41) is 9.01. The van der Waals surface area contributed by atoms with E-state index in [-0.39, 0.29) is 11.9 Å². The predicted molar refractivity (Wildman–Crippen MR) is 48.0 cm³/mol. The van der Waals surface area contributed by atoms with Crippen LogP contribution >= 0.6 is 0 Å². The van der Waals surface area contributed by atoms with Crippen LogP contribution in [0.25, 0.3) is 0 Å². The van der Waals surface area contributed by atoms with Crippen molar-refractivity contribution in [2.45, 2.75) is 12.5 Å². The number of aromatic hydroxyl groups is 1. The first-order valence-corrected chi connectivity index (χ1v) is 4.38. The Bertz CT molecular complexity index is 264. The van der Waals surface area contributed by atoms with Crippen LogP contribution in [0.1, 0.15) is 6.42 Å². The first-order valence-electron chi connectivity index (χ1n) is 4.38. The Morgan fingerprint density at radius 3 is 2.62 bits per heavy atom. The van der Waals surface area contributed by atoms with Crippen LogP contribution in [0.2, 0.25) is 0 Å². The Morgan fingerprint density at radius 1 is 1.38 bits per heavy atom. The van der Waals surface area contributed by atoms with Crippen LogP contribution in [0.15, 0.2) is 24.3 Å². The van der Waals surface area contributed by atoms with E-state index < -0.39 is 0 Å². The quantitative estimate of drug-likeness (QED) is 0.767. The van der Waals surface area contributed by atoms with Gasteiger partial charge in [0.25, 0.3) is 0 Å². The summed E-state index contributed by atoms with van der Waals surface area (Å²) in [6, 6.07) is 6.70. The van der Waals surface area contributed by atoms with Crippen molar-refractivity contribution in [1.82, 2.24) is 0 Å². The third-order valence-corrected chi connectivity index (χ3v) is 2.07. The largest absolute Gasteiger partial charge is 0.508 e. The first-order chi connectivity index (χ1) is 6.34. The van der Waals surface area contributed by atoms with Crippen molar-refractivity contribution >= 4 is 0 Å². The summed E-state index contributed by atoms with van der Waals surface area (Å²) in [7, 11) is 0. The highest BCUT2D eigenvalue weighted by atomic mass is 16.5. The molecule has 1 saturated heterocycles. The molecule has 0 bridgehead atoms. The molecule has 0 aliphatic carbocycles. The van der Waals surface area contributed by atoms with Crippen molar-refractivity contribution in [2.75, 3.05) is 13.2 Å². The number of hydrogen-bond acceptors (Lipinski definition) is 3. The molecule has 70 valence electrons. The van der Waals surface area contributed by atoms with Gasteiger partial charge < -0.3 is 14.6 Å². The molecule has 0 saturated carbocycles. The summed E-state index contributed by atoms with van der Waals surface area (Å²) in [6.07, 6.45) is 1.34. The average Bonchev–Trinajstić information content (AvgIpc) is 2.05. The van der Waals surface area contributed by atoms with Gasteiger partial charge in [0.15, 0.2) is 0 Å². The Kier molecular flexibility index (Phi) is 2.36. The molecule has 1 aliphatic rings. The normalized spacial score (nSPS) is 20.8. The maximum Gasteiger partial charge on any atom is 0.119 e. The molecular weight excluding hydrogens is 168 g/mol. The monoisotopic (exact) mass is 180 g/mol. The zero-order valence-corrected chi connectivity index (χ0v) is 7.27. The summed E-state index contributed by atoms with van der Waals surface area (Å²) in [4.78, 5) is 0. The topological polar surface area (TPSA) is 38.7 Å². The molecule has 1 heterocycles. The van der Waals surface area contributed by atoms with E-state index in [1.807, 2.05) is 0 Å². The molecule has 0 aromatic heterocycles. The molecule has 0 spiro atoms. The standard InChI is InChI=1S/C10H12O3/c11-8-1-3-9(4-2-8)13-7-10-5-6-12-10/h1-4,10-11H,5-7H2/t10-/m1/s1. The van der Waals surface area contributed by atoms with Crippen LogP contribution in [0.5, 0.6) is 11.5 Å². The molecule has 0 amide bonds. The van der Waals surface area contributed by atoms with Gasteiger partial charge in [0.1, 0.15) is 18.1 Å². The molecule has 1 aliphatic heterocycles. The van der Waals surface area contributed by atoms with E-state index >= 15 is 0 Å². The van der Waals surface area contributed by atoms with Crippen LogP contribution in [0, 0.1) is 0 Å². The summed E-state index contributed by atoms with van der Waals surface area (Å²) < 4.78 is 10.6. The minimum atomic E-state index is 0.257. The van der Waals surface area contributed by atoms with E-state index in [0.717, 1.165) is 18.8 Å². The maximum absolute atomic E-state index is 9.01. The van der Waals surface area contributed by atoms with Crippen molar-refractivity contribution < 1.29 is 14.6 Å². The van der Waals surface area contributed by atoms with Crippen molar-refractivity contribution in [2.24, 2.45) is 0 Å². The third kappa shape index (κ3) is 2.12. The molecule has 2 rings (SSSR count). The molecule has 3 nitrogen and oxygen atoms in total. The van der Waals surface area contributed by atoms with Crippen LogP contribution < -0.4 is 4.74 Å². The molecule has 1 N–H and O–H groups in total. The zero-order valence-electron chi connectivity index (χ0n) is 7.27. The number of benzene rings is 1. The highest BCUT2D eigenvalue weighted by Crippen LogP contribution is 2.18. The lowest BCUT2D eigenvalue weighted by atomic mass is 10.2. The van der Waals surface area contributed by atoms with Gasteiger partial charge in [-0.05, 0) is 24.3 Å². The SMILES string of the molecule is Oc1ccc(OC[C@H]2CCO2)cc1. The fourth-order valence-corrected chi connectivity index (χ4v) is 1.15. The number of hydrogen-bond donors (Lipinski definition) is 1. The molecule has 1 atom stereocenters. The summed E-state index contributed by atoms with van der Waals surface area (Å²) >= 11 is 0. The fraction of sp³-hybridized carbons (Fsp3) is 0.400. The van der Waals surface area contributed by atoms with E-state index in [1.54, 1.807) is 24.3 Å². The van der Waals surface area contributed by atoms with Crippen LogP contribution in [-0.4, -0.2) is 24.4 Å². The summed E-state index contributed by atoms with van der Waals surface area (Å²) in [5.41, 5.74) is 0. The van der Waals surface area contributed by atoms with Crippen molar-refractivity contribution in [1.29, 1.82) is 0 Å². The van der Waals surface area contributed by atoms with Gasteiger partial charge in [-0.25, -0.2) is 0 Å². The third-order valence-electron chi connectivity index (χ3n) is 2.07. The van der Waals surface area contributed by atoms with Crippen LogP contribution in [0.4, 0.5) is 0 Å². The molecule has 1 fully saturated rings. The van der Waals surface area contributed by atoms with Gasteiger partial charge in [0, 0.05) is 13.0 Å². The van der Waals surface area contributed by atoms with Gasteiger partial charge in [0.05, 0.1) is 6.10 Å². The van der Waals surface area contributed by atoms with Crippen LogP contribution in [-0.2, 0) is 4.74 Å². The fourth-order valence-electron chi connectivity index (χ4n) is 1.15. The number of ether oxygens (including phenoxy) is 2. The second kappa shape index (κ2) is 3.66. The lowest BCUT2D eigenvalue weighted by Crippen LogP contribution is -2.32. The summed E-state index contributed by atoms with van der Waals surface area (Å²) in [5.74, 6) is 1.03. The van der Waals surface area contributed by atoms with Crippen LogP contribution in [0.3, 0.4) is 0 Å². The van der Waals surface area contributed by atoms with E-state index in [1.165, 1.54) is 0 Å². The van der Waals surface area contributed by atoms with E-state index in [9.17, 15) is 0 Å². The van der Waals surface area contributed by atoms with Gasteiger partial charge in [-0.2, -0.15) is 0 Å². The highest BCUT2D eigenvalue weighted by molar-refractivity contribution is 5.30. The Hall–Kier alpha value is -1.22. The maximum atomic E-state index is 9.01. The molecule has 0 radical (unpaired) electrons. The molecule has 3 heteroatoms.